The molecule has 6 heterocycles. The number of carbonyl (C=O) groups excluding carboxylic acids is 2. The van der Waals surface area contributed by atoms with Crippen molar-refractivity contribution in [2.45, 2.75) is 39.5 Å². The molecule has 270 valence electrons. The number of ether oxygens (including phenoxy) is 1. The molecule has 15 heteroatoms. The third kappa shape index (κ3) is 6.86. The molecule has 3 aliphatic heterocycles. The van der Waals surface area contributed by atoms with Crippen molar-refractivity contribution in [1.82, 2.24) is 15.0 Å². The third-order valence-electron chi connectivity index (χ3n) is 9.39. The molecule has 0 aliphatic carbocycles. The van der Waals surface area contributed by atoms with Gasteiger partial charge in [0.25, 0.3) is 0 Å². The van der Waals surface area contributed by atoms with Crippen LogP contribution in [0.25, 0.3) is 21.8 Å². The van der Waals surface area contributed by atoms with Gasteiger partial charge in [0.2, 0.25) is 11.8 Å². The van der Waals surface area contributed by atoms with E-state index < -0.39 is 23.3 Å². The summed E-state index contributed by atoms with van der Waals surface area (Å²) in [6.45, 7) is 7.49. The maximum atomic E-state index is 14.9. The lowest BCUT2D eigenvalue weighted by atomic mass is 10.1. The zero-order valence-corrected chi connectivity index (χ0v) is 30.0. The fourth-order valence-corrected chi connectivity index (χ4v) is 7.37. The average Bonchev–Trinajstić information content (AvgIpc) is 3.75. The predicted octanol–water partition coefficient (Wildman–Crippen LogP) is 7.63. The predicted molar refractivity (Wildman–Crippen MR) is 194 cm³/mol. The van der Waals surface area contributed by atoms with Crippen LogP contribution in [0.2, 0.25) is 0 Å². The van der Waals surface area contributed by atoms with Gasteiger partial charge in [0, 0.05) is 78.9 Å². The Morgan fingerprint density at radius 2 is 1.29 bits per heavy atom. The lowest BCUT2D eigenvalue weighted by Gasteiger charge is -2.29. The fourth-order valence-electron chi connectivity index (χ4n) is 6.80. The number of morpholine rings is 1. The van der Waals surface area contributed by atoms with Crippen molar-refractivity contribution in [1.29, 1.82) is 0 Å². The van der Waals surface area contributed by atoms with Crippen LogP contribution in [-0.2, 0) is 14.3 Å². The molecule has 0 unspecified atom stereocenters. The molecule has 3 fully saturated rings. The van der Waals surface area contributed by atoms with Crippen LogP contribution in [0.1, 0.15) is 36.8 Å². The summed E-state index contributed by atoms with van der Waals surface area (Å²) < 4.78 is 62.0. The largest absolute Gasteiger partial charge is 0.378 e. The van der Waals surface area contributed by atoms with Crippen LogP contribution in [0.4, 0.5) is 46.3 Å². The first-order valence-electron chi connectivity index (χ1n) is 16.9. The Labute approximate surface area is 304 Å². The zero-order chi connectivity index (χ0) is 36.7. The number of halogens is 5. The molecule has 10 nitrogen and oxygen atoms in total. The summed E-state index contributed by atoms with van der Waals surface area (Å²) in [5, 5.41) is 3.69. The maximum absolute atomic E-state index is 14.9. The molecule has 1 N–H and O–H groups in total. The van der Waals surface area contributed by atoms with E-state index in [0.717, 1.165) is 43.8 Å². The molecule has 2 aromatic carbocycles. The number of fused-ring (bicyclic) bond motifs is 2. The first-order chi connectivity index (χ1) is 25.0. The number of hydrogen-bond acceptors (Lipinski definition) is 8. The van der Waals surface area contributed by atoms with Crippen molar-refractivity contribution >= 4 is 78.2 Å². The molecule has 0 spiro atoms. The van der Waals surface area contributed by atoms with Gasteiger partial charge in [0.1, 0.15) is 34.9 Å². The number of rotatable bonds is 5. The molecule has 0 atom stereocenters. The summed E-state index contributed by atoms with van der Waals surface area (Å²) >= 11 is 3.33. The number of benzene rings is 2. The van der Waals surface area contributed by atoms with E-state index in [9.17, 15) is 27.2 Å². The standard InChI is InChI=1S/C23H23F2N5O2.C14H11BrF2N2O/c1-14-22(27-16-11-17(13-26-12-16)29-5-7-32-8-6-29)21-18(25)9-15(24)10-19(21)28-23(14)30-4-2-3-20(30)31;1-7-13(15)12-9(17)5-8(16)6-10(12)18-14(7)19-4-2-3-11(19)20/h9-13H,2-8H2,1H3,(H,27,28);5-6H,2-4H2,1H3. The van der Waals surface area contributed by atoms with Crippen molar-refractivity contribution in [2.24, 2.45) is 0 Å². The molecular weight excluding hydrogens is 746 g/mol. The van der Waals surface area contributed by atoms with Gasteiger partial charge in [-0.25, -0.2) is 27.5 Å². The molecule has 0 radical (unpaired) electrons. The van der Waals surface area contributed by atoms with Crippen LogP contribution in [0.15, 0.2) is 47.2 Å². The minimum absolute atomic E-state index is 0.0104. The molecule has 5 aromatic rings. The number of carbonyl (C=O) groups is 2. The van der Waals surface area contributed by atoms with E-state index in [0.29, 0.717) is 77.8 Å². The molecule has 3 aliphatic rings. The maximum Gasteiger partial charge on any atom is 0.228 e. The molecule has 2 amide bonds. The van der Waals surface area contributed by atoms with Gasteiger partial charge in [-0.05, 0) is 48.7 Å². The summed E-state index contributed by atoms with van der Waals surface area (Å²) in [4.78, 5) is 42.6. The molecular formula is C37H34BrF4N7O3. The van der Waals surface area contributed by atoms with E-state index in [1.54, 1.807) is 36.0 Å². The zero-order valence-electron chi connectivity index (χ0n) is 28.4. The molecule has 8 rings (SSSR count). The topological polar surface area (TPSA) is 104 Å². The summed E-state index contributed by atoms with van der Waals surface area (Å²) in [7, 11) is 0. The average molecular weight is 781 g/mol. The molecule has 3 aromatic heterocycles. The van der Waals surface area contributed by atoms with Crippen LogP contribution >= 0.6 is 15.9 Å². The Morgan fingerprint density at radius 1 is 0.731 bits per heavy atom. The lowest BCUT2D eigenvalue weighted by molar-refractivity contribution is -0.117. The minimum Gasteiger partial charge on any atom is -0.378 e. The van der Waals surface area contributed by atoms with E-state index in [2.05, 4.69) is 41.1 Å². The Balaban J connectivity index is 0.000000180. The second kappa shape index (κ2) is 14.6. The van der Waals surface area contributed by atoms with Gasteiger partial charge in [-0.1, -0.05) is 0 Å². The number of aromatic nitrogens is 3. The highest BCUT2D eigenvalue weighted by Crippen LogP contribution is 2.39. The third-order valence-corrected chi connectivity index (χ3v) is 10.4. The molecule has 0 saturated carbocycles. The highest BCUT2D eigenvalue weighted by Gasteiger charge is 2.28. The van der Waals surface area contributed by atoms with Crippen molar-refractivity contribution < 1.29 is 31.9 Å². The number of nitrogens with one attached hydrogen (secondary N) is 1. The van der Waals surface area contributed by atoms with Crippen molar-refractivity contribution in [3.8, 4) is 0 Å². The molecule has 0 bridgehead atoms. The van der Waals surface area contributed by atoms with Crippen LogP contribution in [0.3, 0.4) is 0 Å². The summed E-state index contributed by atoms with van der Waals surface area (Å²) in [6.07, 6.45) is 5.84. The van der Waals surface area contributed by atoms with Crippen molar-refractivity contribution in [3.05, 3.63) is 81.6 Å². The van der Waals surface area contributed by atoms with Gasteiger partial charge in [0.15, 0.2) is 0 Å². The van der Waals surface area contributed by atoms with E-state index in [1.807, 2.05) is 6.07 Å². The van der Waals surface area contributed by atoms with Crippen LogP contribution in [0, 0.1) is 37.1 Å². The monoisotopic (exact) mass is 779 g/mol. The van der Waals surface area contributed by atoms with E-state index >= 15 is 0 Å². The highest BCUT2D eigenvalue weighted by molar-refractivity contribution is 9.10. The summed E-state index contributed by atoms with van der Waals surface area (Å²) in [5.41, 5.74) is 3.69. The summed E-state index contributed by atoms with van der Waals surface area (Å²) in [5.74, 6) is -1.94. The molecule has 3 saturated heterocycles. The SMILES string of the molecule is Cc1c(N2CCCC2=O)nc2cc(F)cc(F)c2c1Br.Cc1c(N2CCCC2=O)nc2cc(F)cc(F)c2c1Nc1cncc(N2CCOCC2)c1. The van der Waals surface area contributed by atoms with Crippen LogP contribution < -0.4 is 20.0 Å². The number of nitrogens with zero attached hydrogens (tertiary/aromatic N) is 6. The second-order valence-electron chi connectivity index (χ2n) is 12.8. The Kier molecular flexibility index (Phi) is 9.98. The highest BCUT2D eigenvalue weighted by atomic mass is 79.9. The van der Waals surface area contributed by atoms with Crippen molar-refractivity contribution in [2.75, 3.05) is 59.4 Å². The Morgan fingerprint density at radius 3 is 1.87 bits per heavy atom. The normalized spacial score (nSPS) is 16.2. The number of pyridine rings is 3. The lowest BCUT2D eigenvalue weighted by Crippen LogP contribution is -2.36. The minimum atomic E-state index is -0.716. The van der Waals surface area contributed by atoms with Crippen LogP contribution in [0.5, 0.6) is 0 Å². The molecule has 52 heavy (non-hydrogen) atoms. The van der Waals surface area contributed by atoms with Gasteiger partial charge in [-0.3, -0.25) is 24.4 Å². The van der Waals surface area contributed by atoms with Gasteiger partial charge >= 0.3 is 0 Å². The number of hydrogen-bond donors (Lipinski definition) is 1. The first kappa shape index (κ1) is 35.5. The van der Waals surface area contributed by atoms with E-state index in [4.69, 9.17) is 4.74 Å². The smallest absolute Gasteiger partial charge is 0.228 e. The van der Waals surface area contributed by atoms with Crippen LogP contribution in [-0.4, -0.2) is 66.2 Å². The van der Waals surface area contributed by atoms with Gasteiger partial charge in [-0.15, -0.1) is 0 Å². The second-order valence-corrected chi connectivity index (χ2v) is 13.6. The number of anilines is 5. The summed E-state index contributed by atoms with van der Waals surface area (Å²) in [6, 6.07) is 5.97. The Hall–Kier alpha value is -4.89. The van der Waals surface area contributed by atoms with Gasteiger partial charge < -0.3 is 15.0 Å². The van der Waals surface area contributed by atoms with E-state index in [1.165, 1.54) is 12.1 Å². The van der Waals surface area contributed by atoms with E-state index in [-0.39, 0.29) is 33.6 Å². The van der Waals surface area contributed by atoms with Crippen molar-refractivity contribution in [3.63, 3.8) is 0 Å². The Bertz CT molecular complexity index is 2230. The number of amides is 2. The van der Waals surface area contributed by atoms with Gasteiger partial charge in [0.05, 0.1) is 64.5 Å². The first-order valence-corrected chi connectivity index (χ1v) is 17.7. The fraction of sp³-hybridized carbons (Fsp3) is 0.324. The quantitative estimate of drug-likeness (QED) is 0.182. The van der Waals surface area contributed by atoms with Gasteiger partial charge in [-0.2, -0.15) is 0 Å².